The van der Waals surface area contributed by atoms with Gasteiger partial charge < -0.3 is 19.9 Å². The highest BCUT2D eigenvalue weighted by Crippen LogP contribution is 2.19. The number of ether oxygens (including phenoxy) is 1. The number of hydroxylamine groups is 1. The monoisotopic (exact) mass is 603 g/mol. The van der Waals surface area contributed by atoms with Crippen molar-refractivity contribution in [3.8, 4) is 0 Å². The van der Waals surface area contributed by atoms with Crippen LogP contribution in [0.2, 0.25) is 0 Å². The van der Waals surface area contributed by atoms with Crippen molar-refractivity contribution in [2.45, 2.75) is 50.8 Å². The van der Waals surface area contributed by atoms with E-state index in [1.54, 1.807) is 46.1 Å². The van der Waals surface area contributed by atoms with Crippen LogP contribution in [-0.2, 0) is 27.8 Å². The number of carbonyl (C=O) groups excluding carboxylic acids is 1. The van der Waals surface area contributed by atoms with Crippen molar-refractivity contribution in [2.24, 2.45) is 0 Å². The smallest absolute Gasteiger partial charge is 0.410 e. The van der Waals surface area contributed by atoms with Gasteiger partial charge in [-0.2, -0.15) is 15.0 Å². The standard InChI is InChI=1S/C25H37N11O5S/c1-25(2,3)41-24(37)35-15-13-34(14-16-35)23-29-21(28-22(30-23)33(4)38)26-17-19-18-36(32-31-19)12-8-11-27-42(39,40)20-9-6-5-7-10-20/h5-7,9-10,18,27,38H,8,11-17H2,1-4H3,(H,26,28,29,30). The topological polar surface area (TPSA) is 184 Å². The van der Waals surface area contributed by atoms with Crippen LogP contribution in [0.4, 0.5) is 22.6 Å². The van der Waals surface area contributed by atoms with Gasteiger partial charge in [0.2, 0.25) is 21.9 Å². The molecule has 16 nitrogen and oxygen atoms in total. The van der Waals surface area contributed by atoms with Crippen LogP contribution >= 0.6 is 0 Å². The summed E-state index contributed by atoms with van der Waals surface area (Å²) in [5.41, 5.74) is 0.0458. The van der Waals surface area contributed by atoms with Crippen LogP contribution in [0.1, 0.15) is 32.9 Å². The van der Waals surface area contributed by atoms with Crippen molar-refractivity contribution >= 4 is 34.0 Å². The van der Waals surface area contributed by atoms with E-state index in [0.29, 0.717) is 50.8 Å². The minimum atomic E-state index is -3.56. The Kier molecular flexibility index (Phi) is 9.74. The summed E-state index contributed by atoms with van der Waals surface area (Å²) in [6.07, 6.45) is 1.90. The first-order chi connectivity index (χ1) is 19.9. The summed E-state index contributed by atoms with van der Waals surface area (Å²) in [7, 11) is -2.14. The average Bonchev–Trinajstić information content (AvgIpc) is 3.41. The summed E-state index contributed by atoms with van der Waals surface area (Å²) in [4.78, 5) is 29.3. The molecule has 1 aromatic carbocycles. The molecule has 1 fully saturated rings. The quantitative estimate of drug-likeness (QED) is 0.211. The maximum absolute atomic E-state index is 12.4. The third-order valence-electron chi connectivity index (χ3n) is 6.04. The zero-order valence-electron chi connectivity index (χ0n) is 24.1. The molecule has 17 heteroatoms. The zero-order valence-corrected chi connectivity index (χ0v) is 25.0. The summed E-state index contributed by atoms with van der Waals surface area (Å²) in [5.74, 6) is 0.642. The van der Waals surface area contributed by atoms with Gasteiger partial charge in [-0.05, 0) is 39.3 Å². The van der Waals surface area contributed by atoms with Crippen LogP contribution in [0.3, 0.4) is 0 Å². The highest BCUT2D eigenvalue weighted by molar-refractivity contribution is 7.89. The molecule has 1 aliphatic heterocycles. The Labute approximate surface area is 244 Å². The first-order valence-corrected chi connectivity index (χ1v) is 15.0. The molecule has 0 bridgehead atoms. The van der Waals surface area contributed by atoms with Crippen molar-refractivity contribution in [2.75, 3.05) is 55.1 Å². The lowest BCUT2D eigenvalue weighted by Crippen LogP contribution is -2.50. The van der Waals surface area contributed by atoms with E-state index < -0.39 is 15.6 Å². The van der Waals surface area contributed by atoms with Crippen molar-refractivity contribution in [3.05, 3.63) is 42.2 Å². The molecule has 2 aromatic heterocycles. The Bertz CT molecular complexity index is 1440. The zero-order chi connectivity index (χ0) is 30.3. The van der Waals surface area contributed by atoms with Gasteiger partial charge >= 0.3 is 6.09 Å². The molecule has 42 heavy (non-hydrogen) atoms. The number of piperazine rings is 1. The number of nitrogens with one attached hydrogen (secondary N) is 2. The van der Waals surface area contributed by atoms with E-state index in [2.05, 4.69) is 35.3 Å². The molecule has 1 aliphatic rings. The van der Waals surface area contributed by atoms with Gasteiger partial charge in [-0.15, -0.1) is 5.10 Å². The molecular weight excluding hydrogens is 566 g/mol. The summed E-state index contributed by atoms with van der Waals surface area (Å²) >= 11 is 0. The number of amides is 1. The highest BCUT2D eigenvalue weighted by Gasteiger charge is 2.27. The number of aromatic nitrogens is 6. The van der Waals surface area contributed by atoms with E-state index in [1.165, 1.54) is 7.05 Å². The third-order valence-corrected chi connectivity index (χ3v) is 7.52. The second kappa shape index (κ2) is 13.3. The summed E-state index contributed by atoms with van der Waals surface area (Å²) < 4.78 is 34.3. The molecule has 228 valence electrons. The molecule has 0 aliphatic carbocycles. The van der Waals surface area contributed by atoms with Crippen molar-refractivity contribution in [1.29, 1.82) is 0 Å². The molecule has 0 radical (unpaired) electrons. The maximum Gasteiger partial charge on any atom is 0.410 e. The minimum absolute atomic E-state index is 0.0543. The van der Waals surface area contributed by atoms with Gasteiger partial charge in [0.25, 0.3) is 5.95 Å². The predicted molar refractivity (Wildman–Crippen MR) is 154 cm³/mol. The van der Waals surface area contributed by atoms with E-state index in [4.69, 9.17) is 4.74 Å². The number of hydrogen-bond donors (Lipinski definition) is 3. The van der Waals surface area contributed by atoms with Crippen LogP contribution in [0.5, 0.6) is 0 Å². The summed E-state index contributed by atoms with van der Waals surface area (Å²) in [5, 5.41) is 22.1. The molecule has 4 rings (SSSR count). The highest BCUT2D eigenvalue weighted by atomic mass is 32.2. The molecule has 0 atom stereocenters. The average molecular weight is 604 g/mol. The molecule has 3 heterocycles. The Morgan fingerprint density at radius 3 is 2.48 bits per heavy atom. The maximum atomic E-state index is 12.4. The normalized spacial score (nSPS) is 14.1. The number of sulfonamides is 1. The lowest BCUT2D eigenvalue weighted by molar-refractivity contribution is 0.0240. The minimum Gasteiger partial charge on any atom is -0.444 e. The summed E-state index contributed by atoms with van der Waals surface area (Å²) in [6, 6.07) is 8.20. The Morgan fingerprint density at radius 1 is 1.10 bits per heavy atom. The van der Waals surface area contributed by atoms with E-state index in [-0.39, 0.29) is 36.0 Å². The van der Waals surface area contributed by atoms with E-state index in [9.17, 15) is 18.4 Å². The van der Waals surface area contributed by atoms with Crippen molar-refractivity contribution < 1.29 is 23.2 Å². The Hall–Kier alpha value is -4.09. The molecule has 1 amide bonds. The number of nitrogens with zero attached hydrogens (tertiary/aromatic N) is 9. The molecule has 0 unspecified atom stereocenters. The number of anilines is 3. The largest absolute Gasteiger partial charge is 0.444 e. The van der Waals surface area contributed by atoms with E-state index >= 15 is 0 Å². The SMILES string of the molecule is CN(O)c1nc(NCc2cn(CCCNS(=O)(=O)c3ccccc3)nn2)nc(N2CCN(C(=O)OC(C)(C)C)CC2)n1. The van der Waals surface area contributed by atoms with Gasteiger partial charge in [0.15, 0.2) is 0 Å². The second-order valence-electron chi connectivity index (χ2n) is 10.6. The third kappa shape index (κ3) is 8.70. The van der Waals surface area contributed by atoms with Gasteiger partial charge in [0.05, 0.1) is 17.6 Å². The fourth-order valence-electron chi connectivity index (χ4n) is 3.96. The molecule has 3 aromatic rings. The number of aryl methyl sites for hydroxylation is 1. The molecule has 1 saturated heterocycles. The number of rotatable bonds is 11. The van der Waals surface area contributed by atoms with Crippen LogP contribution in [0, 0.1) is 0 Å². The van der Waals surface area contributed by atoms with Gasteiger partial charge in [-0.1, -0.05) is 23.4 Å². The molecule has 0 saturated carbocycles. The van der Waals surface area contributed by atoms with Crippen LogP contribution in [0.15, 0.2) is 41.4 Å². The fourth-order valence-corrected chi connectivity index (χ4v) is 5.06. The molecule has 3 N–H and O–H groups in total. The Morgan fingerprint density at radius 2 is 1.81 bits per heavy atom. The van der Waals surface area contributed by atoms with Gasteiger partial charge in [-0.3, -0.25) is 9.89 Å². The van der Waals surface area contributed by atoms with E-state index in [1.807, 2.05) is 25.7 Å². The lowest BCUT2D eigenvalue weighted by Gasteiger charge is -2.35. The van der Waals surface area contributed by atoms with Crippen molar-refractivity contribution in [3.63, 3.8) is 0 Å². The number of carbonyl (C=O) groups is 1. The van der Waals surface area contributed by atoms with Gasteiger partial charge in [0.1, 0.15) is 11.3 Å². The van der Waals surface area contributed by atoms with Crippen LogP contribution in [0.25, 0.3) is 0 Å². The Balaban J connectivity index is 1.29. The fraction of sp³-hybridized carbons (Fsp3) is 0.520. The molecule has 0 spiro atoms. The number of benzene rings is 1. The first kappa shape index (κ1) is 30.9. The predicted octanol–water partition coefficient (Wildman–Crippen LogP) is 1.33. The van der Waals surface area contributed by atoms with Crippen molar-refractivity contribution in [1.82, 2.24) is 39.6 Å². The lowest BCUT2D eigenvalue weighted by atomic mass is 10.2. The summed E-state index contributed by atoms with van der Waals surface area (Å²) in [6.45, 7) is 8.29. The first-order valence-electron chi connectivity index (χ1n) is 13.5. The number of hydrogen-bond acceptors (Lipinski definition) is 13. The molecular formula is C25H37N11O5S. The van der Waals surface area contributed by atoms with E-state index in [0.717, 1.165) is 5.06 Å². The second-order valence-corrected chi connectivity index (χ2v) is 12.4. The van der Waals surface area contributed by atoms with Gasteiger partial charge in [-0.25, -0.2) is 23.0 Å². The van der Waals surface area contributed by atoms with Crippen LogP contribution in [-0.4, -0.2) is 99.9 Å². The van der Waals surface area contributed by atoms with Crippen LogP contribution < -0.4 is 20.0 Å². The van der Waals surface area contributed by atoms with Gasteiger partial charge in [0, 0.05) is 46.3 Å².